The van der Waals surface area contributed by atoms with Crippen LogP contribution in [0.15, 0.2) is 41.2 Å². The maximum absolute atomic E-state index is 13.7. The topological polar surface area (TPSA) is 91.4 Å². The molecule has 3 rings (SSSR count). The van der Waals surface area contributed by atoms with Gasteiger partial charge in [0.05, 0.1) is 18.1 Å². The Morgan fingerprint density at radius 3 is 2.73 bits per heavy atom. The summed E-state index contributed by atoms with van der Waals surface area (Å²) < 4.78 is 20.7. The monoisotopic (exact) mass is 293 g/mol. The number of hydrogen-bond donors (Lipinski definition) is 0. The van der Waals surface area contributed by atoms with Gasteiger partial charge in [-0.25, -0.2) is 14.4 Å². The lowest BCUT2D eigenvalue weighted by Crippen LogP contribution is -2.01. The summed E-state index contributed by atoms with van der Waals surface area (Å²) in [4.78, 5) is 7.90. The van der Waals surface area contributed by atoms with Crippen LogP contribution in [0, 0.1) is 28.5 Å². The van der Waals surface area contributed by atoms with Gasteiger partial charge in [0.15, 0.2) is 17.1 Å². The SMILES string of the molecule is N#Cc1ncn(Cc2ncc(-c3ccccc3F)o2)c1C#N. The average molecular weight is 293 g/mol. The van der Waals surface area contributed by atoms with Gasteiger partial charge in [-0.3, -0.25) is 0 Å². The molecule has 0 bridgehead atoms. The fourth-order valence-corrected chi connectivity index (χ4v) is 2.02. The zero-order valence-electron chi connectivity index (χ0n) is 11.2. The van der Waals surface area contributed by atoms with E-state index >= 15 is 0 Å². The van der Waals surface area contributed by atoms with Crippen LogP contribution in [-0.2, 0) is 6.54 Å². The van der Waals surface area contributed by atoms with Crippen LogP contribution in [0.3, 0.4) is 0 Å². The fraction of sp³-hybridized carbons (Fsp3) is 0.0667. The van der Waals surface area contributed by atoms with Crippen molar-refractivity contribution < 1.29 is 8.81 Å². The van der Waals surface area contributed by atoms with Gasteiger partial charge < -0.3 is 8.98 Å². The van der Waals surface area contributed by atoms with Gasteiger partial charge >= 0.3 is 0 Å². The molecule has 0 atom stereocenters. The lowest BCUT2D eigenvalue weighted by molar-refractivity contribution is 0.484. The summed E-state index contributed by atoms with van der Waals surface area (Å²) in [6.45, 7) is 0.131. The molecule has 2 heterocycles. The molecule has 0 unspecified atom stereocenters. The Morgan fingerprint density at radius 1 is 1.18 bits per heavy atom. The molecule has 22 heavy (non-hydrogen) atoms. The van der Waals surface area contributed by atoms with E-state index in [1.54, 1.807) is 18.2 Å². The standard InChI is InChI=1S/C15H8FN5O/c16-11-4-2-1-3-10(11)14-7-19-15(22-14)8-21-9-20-12(5-17)13(21)6-18/h1-4,7,9H,8H2. The minimum absolute atomic E-state index is 0.0448. The fourth-order valence-electron chi connectivity index (χ4n) is 2.02. The highest BCUT2D eigenvalue weighted by molar-refractivity contribution is 5.56. The summed E-state index contributed by atoms with van der Waals surface area (Å²) in [7, 11) is 0. The molecular formula is C15H8FN5O. The predicted molar refractivity (Wildman–Crippen MR) is 72.7 cm³/mol. The van der Waals surface area contributed by atoms with Crippen LogP contribution in [0.4, 0.5) is 4.39 Å². The first-order chi connectivity index (χ1) is 10.7. The van der Waals surface area contributed by atoms with E-state index in [0.717, 1.165) is 0 Å². The minimum Gasteiger partial charge on any atom is -0.439 e. The Balaban J connectivity index is 1.90. The molecule has 6 nitrogen and oxygen atoms in total. The molecule has 1 aromatic carbocycles. The number of oxazole rings is 1. The van der Waals surface area contributed by atoms with Crippen LogP contribution in [0.1, 0.15) is 17.3 Å². The number of imidazole rings is 1. The maximum atomic E-state index is 13.7. The molecule has 0 radical (unpaired) electrons. The highest BCUT2D eigenvalue weighted by Gasteiger charge is 2.14. The van der Waals surface area contributed by atoms with Crippen LogP contribution in [0.25, 0.3) is 11.3 Å². The Kier molecular flexibility index (Phi) is 3.39. The number of hydrogen-bond acceptors (Lipinski definition) is 5. The van der Waals surface area contributed by atoms with E-state index in [9.17, 15) is 4.39 Å². The quantitative estimate of drug-likeness (QED) is 0.739. The van der Waals surface area contributed by atoms with E-state index < -0.39 is 5.82 Å². The van der Waals surface area contributed by atoms with Crippen LogP contribution < -0.4 is 0 Å². The highest BCUT2D eigenvalue weighted by atomic mass is 19.1. The predicted octanol–water partition coefficient (Wildman–Crippen LogP) is 2.47. The van der Waals surface area contributed by atoms with Crippen LogP contribution in [0.5, 0.6) is 0 Å². The Hall–Kier alpha value is -3.45. The highest BCUT2D eigenvalue weighted by Crippen LogP contribution is 2.23. The third kappa shape index (κ3) is 2.32. The number of benzene rings is 1. The van der Waals surface area contributed by atoms with Crippen LogP contribution in [-0.4, -0.2) is 14.5 Å². The lowest BCUT2D eigenvalue weighted by atomic mass is 10.2. The molecule has 106 valence electrons. The summed E-state index contributed by atoms with van der Waals surface area (Å²) >= 11 is 0. The van der Waals surface area contributed by atoms with Gasteiger partial charge in [0.1, 0.15) is 24.5 Å². The van der Waals surface area contributed by atoms with Crippen molar-refractivity contribution in [2.45, 2.75) is 6.54 Å². The molecule has 2 aromatic heterocycles. The van der Waals surface area contributed by atoms with E-state index in [1.807, 2.05) is 12.1 Å². The van der Waals surface area contributed by atoms with Crippen molar-refractivity contribution in [3.05, 3.63) is 59.9 Å². The Labute approximate surface area is 124 Å². The second-order valence-electron chi connectivity index (χ2n) is 4.39. The van der Waals surface area contributed by atoms with E-state index in [0.29, 0.717) is 11.3 Å². The summed E-state index contributed by atoms with van der Waals surface area (Å²) in [5.41, 5.74) is 0.488. The largest absolute Gasteiger partial charge is 0.439 e. The van der Waals surface area contributed by atoms with Crippen molar-refractivity contribution in [2.75, 3.05) is 0 Å². The van der Waals surface area contributed by atoms with Crippen molar-refractivity contribution in [2.24, 2.45) is 0 Å². The summed E-state index contributed by atoms with van der Waals surface area (Å²) in [5, 5.41) is 17.9. The number of halogens is 1. The molecule has 0 aliphatic carbocycles. The third-order valence-corrected chi connectivity index (χ3v) is 3.05. The number of nitrogens with zero attached hydrogens (tertiary/aromatic N) is 5. The van der Waals surface area contributed by atoms with Crippen LogP contribution >= 0.6 is 0 Å². The van der Waals surface area contributed by atoms with E-state index in [2.05, 4.69) is 9.97 Å². The van der Waals surface area contributed by atoms with Crippen molar-refractivity contribution >= 4 is 0 Å². The normalized spacial score (nSPS) is 10.1. The zero-order valence-corrected chi connectivity index (χ0v) is 11.2. The molecule has 0 aliphatic heterocycles. The number of rotatable bonds is 3. The van der Waals surface area contributed by atoms with Gasteiger partial charge in [-0.1, -0.05) is 12.1 Å². The first kappa shape index (κ1) is 13.5. The van der Waals surface area contributed by atoms with Crippen molar-refractivity contribution in [3.63, 3.8) is 0 Å². The molecule has 0 saturated heterocycles. The van der Waals surface area contributed by atoms with Gasteiger partial charge in [0.2, 0.25) is 5.89 Å². The van der Waals surface area contributed by atoms with E-state index in [4.69, 9.17) is 14.9 Å². The first-order valence-corrected chi connectivity index (χ1v) is 6.28. The number of nitriles is 2. The molecule has 7 heteroatoms. The van der Waals surface area contributed by atoms with Gasteiger partial charge in [-0.05, 0) is 12.1 Å². The molecule has 0 spiro atoms. The first-order valence-electron chi connectivity index (χ1n) is 6.28. The van der Waals surface area contributed by atoms with Gasteiger partial charge in [0, 0.05) is 0 Å². The minimum atomic E-state index is -0.405. The summed E-state index contributed by atoms with van der Waals surface area (Å²) in [5.74, 6) is 0.182. The van der Waals surface area contributed by atoms with E-state index in [-0.39, 0.29) is 23.8 Å². The Bertz CT molecular complexity index is 913. The van der Waals surface area contributed by atoms with Gasteiger partial charge in [0.25, 0.3) is 0 Å². The molecular weight excluding hydrogens is 285 g/mol. The third-order valence-electron chi connectivity index (χ3n) is 3.05. The number of aromatic nitrogens is 3. The molecule has 0 N–H and O–H groups in total. The molecule has 0 saturated carbocycles. The zero-order chi connectivity index (χ0) is 15.5. The van der Waals surface area contributed by atoms with Crippen molar-refractivity contribution in [3.8, 4) is 23.5 Å². The van der Waals surface area contributed by atoms with Crippen LogP contribution in [0.2, 0.25) is 0 Å². The summed E-state index contributed by atoms with van der Waals surface area (Å²) in [6, 6.07) is 9.96. The van der Waals surface area contributed by atoms with Gasteiger partial charge in [-0.15, -0.1) is 0 Å². The average Bonchev–Trinajstić information content (AvgIpc) is 3.14. The summed E-state index contributed by atoms with van der Waals surface area (Å²) in [6.07, 6.45) is 2.78. The van der Waals surface area contributed by atoms with Gasteiger partial charge in [-0.2, -0.15) is 10.5 Å². The molecule has 3 aromatic rings. The van der Waals surface area contributed by atoms with Crippen molar-refractivity contribution in [1.29, 1.82) is 10.5 Å². The van der Waals surface area contributed by atoms with Crippen molar-refractivity contribution in [1.82, 2.24) is 14.5 Å². The Morgan fingerprint density at radius 2 is 2.00 bits per heavy atom. The molecule has 0 aliphatic rings. The molecule has 0 amide bonds. The maximum Gasteiger partial charge on any atom is 0.214 e. The second-order valence-corrected chi connectivity index (χ2v) is 4.39. The smallest absolute Gasteiger partial charge is 0.214 e. The van der Waals surface area contributed by atoms with E-state index in [1.165, 1.54) is 23.2 Å². The molecule has 0 fully saturated rings. The lowest BCUT2D eigenvalue weighted by Gasteiger charge is -2.00. The second kappa shape index (κ2) is 5.51.